The molecule has 0 spiro atoms. The van der Waals surface area contributed by atoms with Crippen molar-refractivity contribution in [3.05, 3.63) is 76.9 Å². The summed E-state index contributed by atoms with van der Waals surface area (Å²) in [5.74, 6) is 0.459. The molecule has 0 N–H and O–H groups in total. The van der Waals surface area contributed by atoms with Gasteiger partial charge in [-0.25, -0.2) is 0 Å². The molecule has 0 amide bonds. The van der Waals surface area contributed by atoms with Gasteiger partial charge in [0.05, 0.1) is 0 Å². The molecule has 0 heterocycles. The predicted molar refractivity (Wildman–Crippen MR) is 84.3 cm³/mol. The molecule has 19 heavy (non-hydrogen) atoms. The average Bonchev–Trinajstić information content (AvgIpc) is 2.46. The molecule has 0 radical (unpaired) electrons. The van der Waals surface area contributed by atoms with Gasteiger partial charge in [0.2, 0.25) is 0 Å². The lowest BCUT2D eigenvalue weighted by Gasteiger charge is -2.17. The van der Waals surface area contributed by atoms with Crippen LogP contribution in [0.15, 0.2) is 60.2 Å². The quantitative estimate of drug-likeness (QED) is 0.666. The molecule has 0 bridgehead atoms. The Labute approximate surface area is 116 Å². The highest BCUT2D eigenvalue weighted by atomic mass is 14.2. The first-order chi connectivity index (χ1) is 9.11. The van der Waals surface area contributed by atoms with E-state index in [9.17, 15) is 0 Å². The number of hydrogen-bond donors (Lipinski definition) is 0. The molecule has 0 saturated carbocycles. The summed E-state index contributed by atoms with van der Waals surface area (Å²) in [6, 6.07) is 19.3. The first kappa shape index (κ1) is 13.6. The molecule has 0 aliphatic carbocycles. The van der Waals surface area contributed by atoms with Crippen LogP contribution in [0.4, 0.5) is 0 Å². The highest BCUT2D eigenvalue weighted by Crippen LogP contribution is 2.31. The Bertz CT molecular complexity index is 576. The maximum absolute atomic E-state index is 2.28. The molecule has 0 aromatic heterocycles. The topological polar surface area (TPSA) is 0 Å². The van der Waals surface area contributed by atoms with Gasteiger partial charge in [-0.3, -0.25) is 0 Å². The maximum atomic E-state index is 2.28. The molecule has 1 atom stereocenters. The zero-order chi connectivity index (χ0) is 13.8. The number of benzene rings is 2. The van der Waals surface area contributed by atoms with E-state index >= 15 is 0 Å². The van der Waals surface area contributed by atoms with Gasteiger partial charge in [-0.1, -0.05) is 67.1 Å². The lowest BCUT2D eigenvalue weighted by molar-refractivity contribution is 0.895. The van der Waals surface area contributed by atoms with Gasteiger partial charge in [-0.15, -0.1) is 0 Å². The highest BCUT2D eigenvalue weighted by Gasteiger charge is 2.11. The summed E-state index contributed by atoms with van der Waals surface area (Å²) >= 11 is 0. The maximum Gasteiger partial charge on any atom is 0.00229 e. The van der Waals surface area contributed by atoms with Crippen LogP contribution in [0.2, 0.25) is 0 Å². The molecule has 2 aromatic carbocycles. The summed E-state index contributed by atoms with van der Waals surface area (Å²) < 4.78 is 0. The van der Waals surface area contributed by atoms with Crippen molar-refractivity contribution in [2.24, 2.45) is 0 Å². The van der Waals surface area contributed by atoms with E-state index in [4.69, 9.17) is 0 Å². The molecular weight excluding hydrogens is 228 g/mol. The van der Waals surface area contributed by atoms with Crippen molar-refractivity contribution in [1.82, 2.24) is 0 Å². The largest absolute Gasteiger partial charge is 0.0626 e. The minimum atomic E-state index is 0.459. The van der Waals surface area contributed by atoms with E-state index in [2.05, 4.69) is 82.3 Å². The lowest BCUT2D eigenvalue weighted by atomic mass is 9.87. The van der Waals surface area contributed by atoms with Gasteiger partial charge in [0.1, 0.15) is 0 Å². The molecule has 0 nitrogen and oxygen atoms in total. The Hall–Kier alpha value is -1.82. The second-order valence-corrected chi connectivity index (χ2v) is 5.26. The first-order valence-electron chi connectivity index (χ1n) is 6.89. The summed E-state index contributed by atoms with van der Waals surface area (Å²) in [6.07, 6.45) is 0. The molecule has 0 fully saturated rings. The fourth-order valence-corrected chi connectivity index (χ4v) is 2.52. The van der Waals surface area contributed by atoms with Crippen LogP contribution in [-0.2, 0) is 0 Å². The van der Waals surface area contributed by atoms with Gasteiger partial charge >= 0.3 is 0 Å². The van der Waals surface area contributed by atoms with Crippen molar-refractivity contribution in [2.75, 3.05) is 0 Å². The fraction of sp³-hybridized carbons (Fsp3) is 0.263. The number of rotatable bonds is 3. The van der Waals surface area contributed by atoms with Crippen molar-refractivity contribution in [2.45, 2.75) is 33.6 Å². The highest BCUT2D eigenvalue weighted by molar-refractivity contribution is 5.70. The van der Waals surface area contributed by atoms with Crippen molar-refractivity contribution in [3.63, 3.8) is 0 Å². The molecule has 0 saturated heterocycles. The number of allylic oxidation sites excluding steroid dienone is 2. The first-order valence-corrected chi connectivity index (χ1v) is 6.89. The van der Waals surface area contributed by atoms with Gasteiger partial charge in [0.25, 0.3) is 0 Å². The number of aryl methyl sites for hydroxylation is 1. The van der Waals surface area contributed by atoms with Gasteiger partial charge < -0.3 is 0 Å². The van der Waals surface area contributed by atoms with E-state index < -0.39 is 0 Å². The van der Waals surface area contributed by atoms with Crippen LogP contribution >= 0.6 is 0 Å². The summed E-state index contributed by atoms with van der Waals surface area (Å²) in [5.41, 5.74) is 6.94. The van der Waals surface area contributed by atoms with E-state index in [1.807, 2.05) is 0 Å². The summed E-state index contributed by atoms with van der Waals surface area (Å²) in [4.78, 5) is 0. The Kier molecular flexibility index (Phi) is 4.21. The van der Waals surface area contributed by atoms with Crippen molar-refractivity contribution < 1.29 is 0 Å². The van der Waals surface area contributed by atoms with Crippen LogP contribution in [0.25, 0.3) is 5.57 Å². The van der Waals surface area contributed by atoms with Crippen molar-refractivity contribution in [1.29, 1.82) is 0 Å². The van der Waals surface area contributed by atoms with Crippen LogP contribution < -0.4 is 0 Å². The Morgan fingerprint density at radius 1 is 0.842 bits per heavy atom. The van der Waals surface area contributed by atoms with Crippen molar-refractivity contribution >= 4 is 5.57 Å². The Morgan fingerprint density at radius 3 is 2.05 bits per heavy atom. The third kappa shape index (κ3) is 2.96. The molecular formula is C19H22. The monoisotopic (exact) mass is 250 g/mol. The third-order valence-electron chi connectivity index (χ3n) is 4.09. The van der Waals surface area contributed by atoms with E-state index in [1.54, 1.807) is 0 Å². The summed E-state index contributed by atoms with van der Waals surface area (Å²) in [5, 5.41) is 0. The smallest absolute Gasteiger partial charge is 0.00229 e. The summed E-state index contributed by atoms with van der Waals surface area (Å²) in [7, 11) is 0. The Balaban J connectivity index is 2.39. The molecule has 0 heteroatoms. The normalized spacial score (nSPS) is 13.9. The van der Waals surface area contributed by atoms with Crippen LogP contribution in [0.3, 0.4) is 0 Å². The van der Waals surface area contributed by atoms with Crippen LogP contribution in [-0.4, -0.2) is 0 Å². The standard InChI is InChI=1S/C19H22/c1-14-10-8-9-13-19(14)17(4)15(2)16(3)18-11-6-5-7-12-18/h5-13,16H,1-4H3/b17-15+. The average molecular weight is 250 g/mol. The molecule has 1 unspecified atom stereocenters. The zero-order valence-electron chi connectivity index (χ0n) is 12.3. The van der Waals surface area contributed by atoms with E-state index in [0.29, 0.717) is 5.92 Å². The Morgan fingerprint density at radius 2 is 1.42 bits per heavy atom. The van der Waals surface area contributed by atoms with Gasteiger partial charge in [-0.05, 0) is 43.0 Å². The van der Waals surface area contributed by atoms with Crippen LogP contribution in [0, 0.1) is 6.92 Å². The second-order valence-electron chi connectivity index (χ2n) is 5.26. The second kappa shape index (κ2) is 5.88. The van der Waals surface area contributed by atoms with E-state index in [-0.39, 0.29) is 0 Å². The van der Waals surface area contributed by atoms with Gasteiger partial charge in [0.15, 0.2) is 0 Å². The molecule has 0 aliphatic heterocycles. The minimum absolute atomic E-state index is 0.459. The molecule has 0 aliphatic rings. The number of hydrogen-bond acceptors (Lipinski definition) is 0. The van der Waals surface area contributed by atoms with Gasteiger partial charge in [-0.2, -0.15) is 0 Å². The molecule has 2 aromatic rings. The predicted octanol–water partition coefficient (Wildman–Crippen LogP) is 5.59. The van der Waals surface area contributed by atoms with Crippen molar-refractivity contribution in [3.8, 4) is 0 Å². The van der Waals surface area contributed by atoms with Gasteiger partial charge in [0, 0.05) is 5.92 Å². The molecule has 2 rings (SSSR count). The zero-order valence-corrected chi connectivity index (χ0v) is 12.3. The lowest BCUT2D eigenvalue weighted by Crippen LogP contribution is -1.98. The summed E-state index contributed by atoms with van der Waals surface area (Å²) in [6.45, 7) is 8.95. The third-order valence-corrected chi connectivity index (χ3v) is 4.09. The van der Waals surface area contributed by atoms with E-state index in [1.165, 1.54) is 27.8 Å². The SMILES string of the molecule is C/C(=C(/C)C(C)c1ccccc1)c1ccccc1C. The molecule has 98 valence electrons. The van der Waals surface area contributed by atoms with Crippen LogP contribution in [0.1, 0.15) is 43.4 Å². The van der Waals surface area contributed by atoms with E-state index in [0.717, 1.165) is 0 Å². The minimum Gasteiger partial charge on any atom is -0.0626 e. The van der Waals surface area contributed by atoms with Crippen LogP contribution in [0.5, 0.6) is 0 Å². The fourth-order valence-electron chi connectivity index (χ4n) is 2.52.